The molecule has 0 unspecified atom stereocenters. The first-order chi connectivity index (χ1) is 9.24. The Morgan fingerprint density at radius 3 is 3.11 bits per heavy atom. The summed E-state index contributed by atoms with van der Waals surface area (Å²) in [7, 11) is 0. The van der Waals surface area contributed by atoms with Crippen LogP contribution in [0.4, 0.5) is 0 Å². The van der Waals surface area contributed by atoms with E-state index >= 15 is 0 Å². The number of hydrogen-bond donors (Lipinski definition) is 0. The monoisotopic (exact) mass is 260 g/mol. The van der Waals surface area contributed by atoms with Gasteiger partial charge in [-0.1, -0.05) is 5.16 Å². The normalized spacial score (nSPS) is 19.6. The number of carbonyl (C=O) groups excluding carboxylic acids is 1. The predicted octanol–water partition coefficient (Wildman–Crippen LogP) is 1.66. The van der Waals surface area contributed by atoms with Crippen molar-refractivity contribution in [1.82, 2.24) is 19.6 Å². The highest BCUT2D eigenvalue weighted by Gasteiger charge is 2.27. The maximum Gasteiger partial charge on any atom is 0.292 e. The second kappa shape index (κ2) is 4.87. The SMILES string of the molecule is Cc1cc(C(=O)N2CCC[C@H](n3ccnc3)C2)on1. The molecule has 0 saturated carbocycles. The Morgan fingerprint density at radius 1 is 1.53 bits per heavy atom. The molecule has 0 bridgehead atoms. The zero-order valence-corrected chi connectivity index (χ0v) is 10.8. The molecule has 1 aliphatic rings. The van der Waals surface area contributed by atoms with Gasteiger partial charge in [0.15, 0.2) is 0 Å². The lowest BCUT2D eigenvalue weighted by atomic mass is 10.1. The molecule has 2 aromatic heterocycles. The van der Waals surface area contributed by atoms with Crippen molar-refractivity contribution in [3.8, 4) is 0 Å². The van der Waals surface area contributed by atoms with Crippen LogP contribution in [0.1, 0.15) is 35.1 Å². The van der Waals surface area contributed by atoms with E-state index in [0.717, 1.165) is 25.1 Å². The Morgan fingerprint density at radius 2 is 2.42 bits per heavy atom. The van der Waals surface area contributed by atoms with Gasteiger partial charge in [-0.25, -0.2) is 4.98 Å². The van der Waals surface area contributed by atoms with Crippen molar-refractivity contribution in [1.29, 1.82) is 0 Å². The molecule has 0 spiro atoms. The molecule has 3 heterocycles. The number of piperidine rings is 1. The quantitative estimate of drug-likeness (QED) is 0.823. The van der Waals surface area contributed by atoms with Crippen molar-refractivity contribution in [3.05, 3.63) is 36.2 Å². The molecule has 6 heteroatoms. The highest BCUT2D eigenvalue weighted by molar-refractivity contribution is 5.91. The average Bonchev–Trinajstić information content (AvgIpc) is 3.09. The Labute approximate surface area is 111 Å². The summed E-state index contributed by atoms with van der Waals surface area (Å²) in [5.74, 6) is 0.245. The number of hydrogen-bond acceptors (Lipinski definition) is 4. The third-order valence-electron chi connectivity index (χ3n) is 3.47. The van der Waals surface area contributed by atoms with E-state index in [0.29, 0.717) is 18.3 Å². The molecule has 2 aromatic rings. The van der Waals surface area contributed by atoms with Gasteiger partial charge in [-0.05, 0) is 19.8 Å². The van der Waals surface area contributed by atoms with Crippen LogP contribution in [-0.4, -0.2) is 38.6 Å². The van der Waals surface area contributed by atoms with Crippen LogP contribution in [0.5, 0.6) is 0 Å². The fourth-order valence-corrected chi connectivity index (χ4v) is 2.49. The molecule has 3 rings (SSSR count). The van der Waals surface area contributed by atoms with Crippen LogP contribution in [-0.2, 0) is 0 Å². The molecule has 0 N–H and O–H groups in total. The molecule has 100 valence electrons. The number of nitrogens with zero attached hydrogens (tertiary/aromatic N) is 4. The van der Waals surface area contributed by atoms with Crippen LogP contribution in [0.2, 0.25) is 0 Å². The fourth-order valence-electron chi connectivity index (χ4n) is 2.49. The van der Waals surface area contributed by atoms with E-state index in [1.165, 1.54) is 0 Å². The lowest BCUT2D eigenvalue weighted by Gasteiger charge is -2.32. The molecule has 1 fully saturated rings. The summed E-state index contributed by atoms with van der Waals surface area (Å²) in [4.78, 5) is 18.2. The number of aryl methyl sites for hydroxylation is 1. The Balaban J connectivity index is 1.73. The minimum absolute atomic E-state index is 0.0783. The third kappa shape index (κ3) is 2.38. The summed E-state index contributed by atoms with van der Waals surface area (Å²) in [6, 6.07) is 1.98. The summed E-state index contributed by atoms with van der Waals surface area (Å²) in [5, 5.41) is 3.76. The maximum absolute atomic E-state index is 12.3. The smallest absolute Gasteiger partial charge is 0.292 e. The zero-order chi connectivity index (χ0) is 13.2. The van der Waals surface area contributed by atoms with Crippen molar-refractivity contribution < 1.29 is 9.32 Å². The fraction of sp³-hybridized carbons (Fsp3) is 0.462. The van der Waals surface area contributed by atoms with Gasteiger partial charge in [-0.15, -0.1) is 0 Å². The van der Waals surface area contributed by atoms with Gasteiger partial charge in [-0.3, -0.25) is 4.79 Å². The van der Waals surface area contributed by atoms with Crippen molar-refractivity contribution in [2.45, 2.75) is 25.8 Å². The highest BCUT2D eigenvalue weighted by Crippen LogP contribution is 2.22. The Bertz CT molecular complexity index is 561. The first kappa shape index (κ1) is 12.0. The van der Waals surface area contributed by atoms with Gasteiger partial charge < -0.3 is 14.0 Å². The molecule has 1 amide bonds. The van der Waals surface area contributed by atoms with E-state index < -0.39 is 0 Å². The van der Waals surface area contributed by atoms with E-state index in [1.54, 1.807) is 18.6 Å². The molecule has 1 atom stereocenters. The third-order valence-corrected chi connectivity index (χ3v) is 3.47. The van der Waals surface area contributed by atoms with Crippen LogP contribution >= 0.6 is 0 Å². The van der Waals surface area contributed by atoms with Crippen molar-refractivity contribution in [2.24, 2.45) is 0 Å². The van der Waals surface area contributed by atoms with Gasteiger partial charge in [0.2, 0.25) is 5.76 Å². The van der Waals surface area contributed by atoms with Crippen LogP contribution in [0, 0.1) is 6.92 Å². The van der Waals surface area contributed by atoms with Gasteiger partial charge in [0.05, 0.1) is 18.1 Å². The molecule has 1 aliphatic heterocycles. The maximum atomic E-state index is 12.3. The van der Waals surface area contributed by atoms with Gasteiger partial charge in [-0.2, -0.15) is 0 Å². The number of carbonyl (C=O) groups is 1. The largest absolute Gasteiger partial charge is 0.351 e. The Kier molecular flexibility index (Phi) is 3.06. The number of aromatic nitrogens is 3. The molecule has 19 heavy (non-hydrogen) atoms. The second-order valence-corrected chi connectivity index (χ2v) is 4.89. The second-order valence-electron chi connectivity index (χ2n) is 4.89. The lowest BCUT2D eigenvalue weighted by molar-refractivity contribution is 0.0637. The molecule has 1 saturated heterocycles. The molecule has 0 aromatic carbocycles. The minimum atomic E-state index is -0.0783. The summed E-state index contributed by atoms with van der Waals surface area (Å²) < 4.78 is 7.11. The first-order valence-electron chi connectivity index (χ1n) is 6.44. The van der Waals surface area contributed by atoms with E-state index in [-0.39, 0.29) is 5.91 Å². The molecule has 0 aliphatic carbocycles. The van der Waals surface area contributed by atoms with Gasteiger partial charge in [0.25, 0.3) is 5.91 Å². The van der Waals surface area contributed by atoms with E-state index in [4.69, 9.17) is 4.52 Å². The van der Waals surface area contributed by atoms with Gasteiger partial charge in [0, 0.05) is 31.5 Å². The number of amides is 1. The summed E-state index contributed by atoms with van der Waals surface area (Å²) in [6.45, 7) is 3.27. The highest BCUT2D eigenvalue weighted by atomic mass is 16.5. The van der Waals surface area contributed by atoms with Gasteiger partial charge in [0.1, 0.15) is 0 Å². The average molecular weight is 260 g/mol. The van der Waals surface area contributed by atoms with Crippen molar-refractivity contribution in [3.63, 3.8) is 0 Å². The number of imidazole rings is 1. The van der Waals surface area contributed by atoms with E-state index in [2.05, 4.69) is 14.7 Å². The molecule has 6 nitrogen and oxygen atoms in total. The van der Waals surface area contributed by atoms with Crippen LogP contribution in [0.15, 0.2) is 29.3 Å². The first-order valence-corrected chi connectivity index (χ1v) is 6.44. The summed E-state index contributed by atoms with van der Waals surface area (Å²) >= 11 is 0. The van der Waals surface area contributed by atoms with Gasteiger partial charge >= 0.3 is 0 Å². The van der Waals surface area contributed by atoms with Crippen LogP contribution in [0.3, 0.4) is 0 Å². The minimum Gasteiger partial charge on any atom is -0.351 e. The van der Waals surface area contributed by atoms with E-state index in [9.17, 15) is 4.79 Å². The van der Waals surface area contributed by atoms with E-state index in [1.807, 2.05) is 18.0 Å². The predicted molar refractivity (Wildman–Crippen MR) is 67.6 cm³/mol. The topological polar surface area (TPSA) is 64.2 Å². The number of rotatable bonds is 2. The lowest BCUT2D eigenvalue weighted by Crippen LogP contribution is -2.40. The molecular weight excluding hydrogens is 244 g/mol. The standard InChI is InChI=1S/C13H16N4O2/c1-10-7-12(19-15-10)13(18)16-5-2-3-11(8-16)17-6-4-14-9-17/h4,6-7,9,11H,2-3,5,8H2,1H3/t11-/m0/s1. The van der Waals surface area contributed by atoms with Crippen LogP contribution < -0.4 is 0 Å². The van der Waals surface area contributed by atoms with Crippen molar-refractivity contribution in [2.75, 3.05) is 13.1 Å². The van der Waals surface area contributed by atoms with Crippen LogP contribution in [0.25, 0.3) is 0 Å². The zero-order valence-electron chi connectivity index (χ0n) is 10.8. The Hall–Kier alpha value is -2.11. The summed E-state index contributed by atoms with van der Waals surface area (Å²) in [6.07, 6.45) is 7.56. The number of likely N-dealkylation sites (tertiary alicyclic amines) is 1. The molecule has 0 radical (unpaired) electrons. The summed E-state index contributed by atoms with van der Waals surface area (Å²) in [5.41, 5.74) is 0.728. The van der Waals surface area contributed by atoms with Crippen molar-refractivity contribution >= 4 is 5.91 Å². The molecular formula is C13H16N4O2.